The number of thiazole rings is 1. The van der Waals surface area contributed by atoms with Gasteiger partial charge in [0.05, 0.1) is 10.7 Å². The molecule has 0 amide bonds. The Morgan fingerprint density at radius 1 is 1.40 bits per heavy atom. The highest BCUT2D eigenvalue weighted by Crippen LogP contribution is 2.23. The van der Waals surface area contributed by atoms with Crippen molar-refractivity contribution in [1.29, 1.82) is 0 Å². The monoisotopic (exact) mass is 294 g/mol. The molecule has 2 aromatic rings. The van der Waals surface area contributed by atoms with Gasteiger partial charge in [0, 0.05) is 23.4 Å². The fourth-order valence-corrected chi connectivity index (χ4v) is 2.64. The lowest BCUT2D eigenvalue weighted by atomic mass is 10.2. The SMILES string of the molecule is CNCc1cc(F)ccc1OCc1csc(C(C)C)n1. The molecule has 1 N–H and O–H groups in total. The number of hydrogen-bond acceptors (Lipinski definition) is 4. The Kier molecular flexibility index (Phi) is 5.09. The van der Waals surface area contributed by atoms with E-state index in [1.54, 1.807) is 17.4 Å². The molecule has 5 heteroatoms. The number of nitrogens with zero attached hydrogens (tertiary/aromatic N) is 1. The van der Waals surface area contributed by atoms with E-state index in [-0.39, 0.29) is 5.82 Å². The summed E-state index contributed by atoms with van der Waals surface area (Å²) in [5, 5.41) is 6.13. The van der Waals surface area contributed by atoms with Crippen LogP contribution in [0.2, 0.25) is 0 Å². The zero-order valence-electron chi connectivity index (χ0n) is 11.9. The van der Waals surface area contributed by atoms with Gasteiger partial charge in [-0.05, 0) is 25.2 Å². The van der Waals surface area contributed by atoms with Crippen LogP contribution in [-0.2, 0) is 13.2 Å². The van der Waals surface area contributed by atoms with Crippen molar-refractivity contribution in [1.82, 2.24) is 10.3 Å². The van der Waals surface area contributed by atoms with Crippen LogP contribution in [0.25, 0.3) is 0 Å². The van der Waals surface area contributed by atoms with Gasteiger partial charge in [0.1, 0.15) is 18.2 Å². The Balaban J connectivity index is 2.06. The summed E-state index contributed by atoms with van der Waals surface area (Å²) in [7, 11) is 1.82. The summed E-state index contributed by atoms with van der Waals surface area (Å²) in [4.78, 5) is 4.52. The molecule has 2 rings (SSSR count). The van der Waals surface area contributed by atoms with Crippen LogP contribution in [0.1, 0.15) is 36.0 Å². The van der Waals surface area contributed by atoms with E-state index in [9.17, 15) is 4.39 Å². The predicted molar refractivity (Wildman–Crippen MR) is 79.7 cm³/mol. The van der Waals surface area contributed by atoms with Crippen molar-refractivity contribution >= 4 is 11.3 Å². The summed E-state index contributed by atoms with van der Waals surface area (Å²) in [6.45, 7) is 5.22. The molecule has 0 saturated heterocycles. The van der Waals surface area contributed by atoms with Crippen molar-refractivity contribution in [2.75, 3.05) is 7.05 Å². The molecule has 3 nitrogen and oxygen atoms in total. The topological polar surface area (TPSA) is 34.1 Å². The molecule has 0 aliphatic heterocycles. The molecule has 1 aromatic heterocycles. The third-order valence-electron chi connectivity index (χ3n) is 2.83. The van der Waals surface area contributed by atoms with Crippen LogP contribution in [0.4, 0.5) is 4.39 Å². The molecule has 0 aliphatic carbocycles. The van der Waals surface area contributed by atoms with Crippen LogP contribution < -0.4 is 10.1 Å². The van der Waals surface area contributed by atoms with Crippen molar-refractivity contribution in [3.8, 4) is 5.75 Å². The molecule has 0 fully saturated rings. The minimum absolute atomic E-state index is 0.252. The molecule has 0 atom stereocenters. The third-order valence-corrected chi connectivity index (χ3v) is 4.02. The Morgan fingerprint density at radius 3 is 2.85 bits per heavy atom. The highest BCUT2D eigenvalue weighted by molar-refractivity contribution is 7.09. The van der Waals surface area contributed by atoms with Gasteiger partial charge in [0.25, 0.3) is 0 Å². The lowest BCUT2D eigenvalue weighted by Crippen LogP contribution is -2.08. The van der Waals surface area contributed by atoms with Crippen molar-refractivity contribution in [3.63, 3.8) is 0 Å². The molecule has 108 valence electrons. The Morgan fingerprint density at radius 2 is 2.20 bits per heavy atom. The number of nitrogens with one attached hydrogen (secondary N) is 1. The van der Waals surface area contributed by atoms with E-state index in [0.29, 0.717) is 24.8 Å². The van der Waals surface area contributed by atoms with Gasteiger partial charge in [-0.3, -0.25) is 0 Å². The highest BCUT2D eigenvalue weighted by Gasteiger charge is 2.08. The Labute approximate surface area is 122 Å². The molecule has 1 aromatic carbocycles. The number of ether oxygens (including phenoxy) is 1. The van der Waals surface area contributed by atoms with E-state index < -0.39 is 0 Å². The molecule has 0 aliphatic rings. The molecular weight excluding hydrogens is 275 g/mol. The largest absolute Gasteiger partial charge is 0.487 e. The van der Waals surface area contributed by atoms with Gasteiger partial charge in [0.2, 0.25) is 0 Å². The van der Waals surface area contributed by atoms with Crippen LogP contribution in [0, 0.1) is 5.82 Å². The van der Waals surface area contributed by atoms with Gasteiger partial charge in [0.15, 0.2) is 0 Å². The molecule has 1 heterocycles. The van der Waals surface area contributed by atoms with E-state index in [1.807, 2.05) is 12.4 Å². The van der Waals surface area contributed by atoms with Gasteiger partial charge < -0.3 is 10.1 Å². The van der Waals surface area contributed by atoms with Gasteiger partial charge in [-0.15, -0.1) is 11.3 Å². The second-order valence-corrected chi connectivity index (χ2v) is 5.79. The summed E-state index contributed by atoms with van der Waals surface area (Å²) in [6.07, 6.45) is 0. The fraction of sp³-hybridized carbons (Fsp3) is 0.400. The summed E-state index contributed by atoms with van der Waals surface area (Å²) in [6, 6.07) is 4.57. The summed E-state index contributed by atoms with van der Waals surface area (Å²) >= 11 is 1.65. The first-order chi connectivity index (χ1) is 9.60. The summed E-state index contributed by atoms with van der Waals surface area (Å²) < 4.78 is 19.0. The minimum Gasteiger partial charge on any atom is -0.487 e. The number of benzene rings is 1. The maximum atomic E-state index is 13.2. The molecule has 20 heavy (non-hydrogen) atoms. The van der Waals surface area contributed by atoms with Gasteiger partial charge in [-0.2, -0.15) is 0 Å². The Bertz CT molecular complexity index is 569. The quantitative estimate of drug-likeness (QED) is 0.882. The number of hydrogen-bond donors (Lipinski definition) is 1. The van der Waals surface area contributed by atoms with E-state index in [1.165, 1.54) is 12.1 Å². The summed E-state index contributed by atoms with van der Waals surface area (Å²) in [5.41, 5.74) is 1.73. The van der Waals surface area contributed by atoms with Crippen LogP contribution in [-0.4, -0.2) is 12.0 Å². The number of rotatable bonds is 6. The zero-order chi connectivity index (χ0) is 14.5. The van der Waals surface area contributed by atoms with Crippen molar-refractivity contribution in [2.24, 2.45) is 0 Å². The highest BCUT2D eigenvalue weighted by atomic mass is 32.1. The minimum atomic E-state index is -0.252. The maximum absolute atomic E-state index is 13.2. The lowest BCUT2D eigenvalue weighted by Gasteiger charge is -2.10. The standard InChI is InChI=1S/C15H19FN2OS/c1-10(2)15-18-13(9-20-15)8-19-14-5-4-12(16)6-11(14)7-17-3/h4-6,9-10,17H,7-8H2,1-3H3. The smallest absolute Gasteiger partial charge is 0.131 e. The van der Waals surface area contributed by atoms with E-state index in [4.69, 9.17) is 4.74 Å². The number of aromatic nitrogens is 1. The molecule has 0 saturated carbocycles. The average molecular weight is 294 g/mol. The van der Waals surface area contributed by atoms with Crippen molar-refractivity contribution < 1.29 is 9.13 Å². The van der Waals surface area contributed by atoms with E-state index in [2.05, 4.69) is 24.1 Å². The van der Waals surface area contributed by atoms with Crippen molar-refractivity contribution in [3.05, 3.63) is 45.7 Å². The van der Waals surface area contributed by atoms with Crippen LogP contribution in [0.3, 0.4) is 0 Å². The Hall–Kier alpha value is -1.46. The maximum Gasteiger partial charge on any atom is 0.131 e. The average Bonchev–Trinajstić information content (AvgIpc) is 2.87. The molecule has 0 spiro atoms. The van der Waals surface area contributed by atoms with E-state index >= 15 is 0 Å². The van der Waals surface area contributed by atoms with Crippen molar-refractivity contribution in [2.45, 2.75) is 32.9 Å². The first kappa shape index (κ1) is 14.9. The molecule has 0 radical (unpaired) electrons. The first-order valence-corrected chi connectivity index (χ1v) is 7.48. The van der Waals surface area contributed by atoms with Gasteiger partial charge >= 0.3 is 0 Å². The molecular formula is C15H19FN2OS. The second kappa shape index (κ2) is 6.81. The predicted octanol–water partition coefficient (Wildman–Crippen LogP) is 3.70. The number of halogens is 1. The van der Waals surface area contributed by atoms with Gasteiger partial charge in [-0.25, -0.2) is 9.37 Å². The summed E-state index contributed by atoms with van der Waals surface area (Å²) in [5.74, 6) is 0.873. The van der Waals surface area contributed by atoms with Crippen LogP contribution in [0.5, 0.6) is 5.75 Å². The zero-order valence-corrected chi connectivity index (χ0v) is 12.8. The second-order valence-electron chi connectivity index (χ2n) is 4.90. The van der Waals surface area contributed by atoms with E-state index in [0.717, 1.165) is 16.3 Å². The normalized spacial score (nSPS) is 11.1. The lowest BCUT2D eigenvalue weighted by molar-refractivity contribution is 0.297. The fourth-order valence-electron chi connectivity index (χ4n) is 1.82. The third kappa shape index (κ3) is 3.77. The molecule has 0 bridgehead atoms. The van der Waals surface area contributed by atoms with Crippen LogP contribution in [0.15, 0.2) is 23.6 Å². The van der Waals surface area contributed by atoms with Gasteiger partial charge in [-0.1, -0.05) is 13.8 Å². The molecule has 0 unspecified atom stereocenters. The van der Waals surface area contributed by atoms with Crippen LogP contribution >= 0.6 is 11.3 Å². The first-order valence-electron chi connectivity index (χ1n) is 6.60.